The Morgan fingerprint density at radius 2 is 2.00 bits per heavy atom. The Balaban J connectivity index is 2.05. The molecule has 110 valence electrons. The Morgan fingerprint density at radius 3 is 2.80 bits per heavy atom. The topological polar surface area (TPSA) is 49.4 Å². The van der Waals surface area contributed by atoms with Gasteiger partial charge in [-0.3, -0.25) is 0 Å². The number of rotatable bonds is 2. The van der Waals surface area contributed by atoms with Gasteiger partial charge in [0.15, 0.2) is 0 Å². The summed E-state index contributed by atoms with van der Waals surface area (Å²) in [5, 5.41) is 3.59. The number of sulfonamides is 1. The van der Waals surface area contributed by atoms with E-state index in [4.69, 9.17) is 11.6 Å². The molecule has 2 atom stereocenters. The lowest BCUT2D eigenvalue weighted by atomic mass is 10.1. The predicted octanol–water partition coefficient (Wildman–Crippen LogP) is 2.62. The van der Waals surface area contributed by atoms with Crippen molar-refractivity contribution < 1.29 is 8.42 Å². The van der Waals surface area contributed by atoms with Gasteiger partial charge in [-0.1, -0.05) is 27.5 Å². The van der Waals surface area contributed by atoms with Crippen LogP contribution in [-0.2, 0) is 10.0 Å². The van der Waals surface area contributed by atoms with Gasteiger partial charge in [-0.2, -0.15) is 4.31 Å². The minimum Gasteiger partial charge on any atom is -0.315 e. The Morgan fingerprint density at radius 1 is 1.25 bits per heavy atom. The molecule has 1 aromatic rings. The van der Waals surface area contributed by atoms with Crippen LogP contribution in [0, 0.1) is 0 Å². The van der Waals surface area contributed by atoms with E-state index in [-0.39, 0.29) is 22.0 Å². The SMILES string of the molecule is O=S(=O)(c1cc(Br)ccc1Cl)N1C2CCNCC1CC2. The van der Waals surface area contributed by atoms with Gasteiger partial charge in [0, 0.05) is 23.1 Å². The number of halogens is 2. The van der Waals surface area contributed by atoms with Crippen LogP contribution in [0.2, 0.25) is 5.02 Å². The maximum Gasteiger partial charge on any atom is 0.245 e. The number of nitrogens with one attached hydrogen (secondary N) is 1. The lowest BCUT2D eigenvalue weighted by Gasteiger charge is -2.27. The standard InChI is InChI=1S/C13H16BrClN2O2S/c14-9-1-4-12(15)13(7-9)20(18,19)17-10-2-3-11(17)8-16-6-5-10/h1,4,7,10-11,16H,2-3,5-6,8H2. The lowest BCUT2D eigenvalue weighted by molar-refractivity contribution is 0.334. The molecule has 2 aliphatic heterocycles. The highest BCUT2D eigenvalue weighted by molar-refractivity contribution is 9.10. The second-order valence-electron chi connectivity index (χ2n) is 5.29. The van der Waals surface area contributed by atoms with Crippen molar-refractivity contribution >= 4 is 37.6 Å². The normalized spacial score (nSPS) is 27.5. The molecule has 7 heteroatoms. The van der Waals surface area contributed by atoms with Crippen LogP contribution in [0.15, 0.2) is 27.6 Å². The summed E-state index contributed by atoms with van der Waals surface area (Å²) in [7, 11) is -3.54. The van der Waals surface area contributed by atoms with Gasteiger partial charge in [0.2, 0.25) is 10.0 Å². The highest BCUT2D eigenvalue weighted by atomic mass is 79.9. The van der Waals surface area contributed by atoms with Crippen LogP contribution in [0.4, 0.5) is 0 Å². The molecule has 2 heterocycles. The van der Waals surface area contributed by atoms with Crippen LogP contribution in [0.25, 0.3) is 0 Å². The second kappa shape index (κ2) is 5.57. The zero-order chi connectivity index (χ0) is 14.3. The van der Waals surface area contributed by atoms with Gasteiger partial charge < -0.3 is 5.32 Å². The van der Waals surface area contributed by atoms with Crippen molar-refractivity contribution in [2.24, 2.45) is 0 Å². The van der Waals surface area contributed by atoms with Crippen LogP contribution in [-0.4, -0.2) is 37.9 Å². The monoisotopic (exact) mass is 378 g/mol. The van der Waals surface area contributed by atoms with E-state index in [2.05, 4.69) is 21.2 Å². The Kier molecular flexibility index (Phi) is 4.12. The molecule has 0 aliphatic carbocycles. The van der Waals surface area contributed by atoms with Crippen molar-refractivity contribution in [3.05, 3.63) is 27.7 Å². The first-order valence-corrected chi connectivity index (χ1v) is 9.30. The molecule has 1 N–H and O–H groups in total. The summed E-state index contributed by atoms with van der Waals surface area (Å²) in [5.41, 5.74) is 0. The molecule has 2 saturated heterocycles. The first-order valence-electron chi connectivity index (χ1n) is 6.69. The summed E-state index contributed by atoms with van der Waals surface area (Å²) >= 11 is 9.43. The molecule has 0 saturated carbocycles. The maximum absolute atomic E-state index is 13.0. The average Bonchev–Trinajstić information content (AvgIpc) is 2.66. The molecule has 2 aliphatic rings. The summed E-state index contributed by atoms with van der Waals surface area (Å²) in [6.45, 7) is 1.60. The quantitative estimate of drug-likeness (QED) is 0.859. The zero-order valence-electron chi connectivity index (χ0n) is 10.9. The summed E-state index contributed by atoms with van der Waals surface area (Å²) < 4.78 is 28.3. The molecule has 0 amide bonds. The molecule has 1 aromatic carbocycles. The van der Waals surface area contributed by atoms with Crippen LogP contribution < -0.4 is 5.32 Å². The maximum atomic E-state index is 13.0. The third-order valence-corrected chi connectivity index (χ3v) is 7.02. The van der Waals surface area contributed by atoms with Crippen molar-refractivity contribution in [3.63, 3.8) is 0 Å². The van der Waals surface area contributed by atoms with Crippen LogP contribution >= 0.6 is 27.5 Å². The number of hydrogen-bond donors (Lipinski definition) is 1. The first kappa shape index (κ1) is 14.8. The van der Waals surface area contributed by atoms with Crippen LogP contribution in [0.3, 0.4) is 0 Å². The summed E-state index contributed by atoms with van der Waals surface area (Å²) in [6.07, 6.45) is 2.72. The van der Waals surface area contributed by atoms with Gasteiger partial charge in [0.05, 0.1) is 5.02 Å². The van der Waals surface area contributed by atoms with E-state index in [0.717, 1.165) is 36.8 Å². The van der Waals surface area contributed by atoms with E-state index in [0.29, 0.717) is 0 Å². The molecule has 2 bridgehead atoms. The van der Waals surface area contributed by atoms with E-state index < -0.39 is 10.0 Å². The van der Waals surface area contributed by atoms with Crippen LogP contribution in [0.5, 0.6) is 0 Å². The van der Waals surface area contributed by atoms with E-state index in [9.17, 15) is 8.42 Å². The Bertz CT molecular complexity index is 609. The number of fused-ring (bicyclic) bond motifs is 2. The van der Waals surface area contributed by atoms with Gasteiger partial charge in [-0.25, -0.2) is 8.42 Å². The van der Waals surface area contributed by atoms with Gasteiger partial charge >= 0.3 is 0 Å². The minimum atomic E-state index is -3.54. The average molecular weight is 380 g/mol. The summed E-state index contributed by atoms with van der Waals surface area (Å²) in [5.74, 6) is 0. The molecule has 0 radical (unpaired) electrons. The van der Waals surface area contributed by atoms with Gasteiger partial charge in [-0.05, 0) is 44.0 Å². The smallest absolute Gasteiger partial charge is 0.245 e. The van der Waals surface area contributed by atoms with Crippen molar-refractivity contribution in [1.82, 2.24) is 9.62 Å². The van der Waals surface area contributed by atoms with E-state index in [1.807, 2.05) is 0 Å². The Hall–Kier alpha value is -0.140. The number of nitrogens with zero attached hydrogens (tertiary/aromatic N) is 1. The Labute approximate surface area is 132 Å². The first-order chi connectivity index (χ1) is 9.50. The largest absolute Gasteiger partial charge is 0.315 e. The second-order valence-corrected chi connectivity index (χ2v) is 8.42. The highest BCUT2D eigenvalue weighted by Gasteiger charge is 2.43. The zero-order valence-corrected chi connectivity index (χ0v) is 14.0. The number of benzene rings is 1. The van der Waals surface area contributed by atoms with Gasteiger partial charge in [0.25, 0.3) is 0 Å². The van der Waals surface area contributed by atoms with E-state index in [1.54, 1.807) is 22.5 Å². The van der Waals surface area contributed by atoms with Crippen molar-refractivity contribution in [3.8, 4) is 0 Å². The van der Waals surface area contributed by atoms with E-state index >= 15 is 0 Å². The molecule has 3 rings (SSSR count). The lowest BCUT2D eigenvalue weighted by Crippen LogP contribution is -2.42. The molecular formula is C13H16BrClN2O2S. The number of hydrogen-bond acceptors (Lipinski definition) is 3. The third-order valence-electron chi connectivity index (χ3n) is 4.04. The van der Waals surface area contributed by atoms with Gasteiger partial charge in [-0.15, -0.1) is 0 Å². The predicted molar refractivity (Wildman–Crippen MR) is 82.5 cm³/mol. The van der Waals surface area contributed by atoms with Crippen molar-refractivity contribution in [2.75, 3.05) is 13.1 Å². The van der Waals surface area contributed by atoms with Crippen molar-refractivity contribution in [1.29, 1.82) is 0 Å². The molecular weight excluding hydrogens is 364 g/mol. The molecule has 0 spiro atoms. The van der Waals surface area contributed by atoms with Crippen LogP contribution in [0.1, 0.15) is 19.3 Å². The van der Waals surface area contributed by atoms with Crippen molar-refractivity contribution in [2.45, 2.75) is 36.2 Å². The fourth-order valence-electron chi connectivity index (χ4n) is 3.12. The fraction of sp³-hybridized carbons (Fsp3) is 0.538. The summed E-state index contributed by atoms with van der Waals surface area (Å²) in [6, 6.07) is 5.10. The summed E-state index contributed by atoms with van der Waals surface area (Å²) in [4.78, 5) is 0.201. The highest BCUT2D eigenvalue weighted by Crippen LogP contribution is 2.36. The molecule has 20 heavy (non-hydrogen) atoms. The van der Waals surface area contributed by atoms with Gasteiger partial charge in [0.1, 0.15) is 4.90 Å². The fourth-order valence-corrected chi connectivity index (χ4v) is 6.04. The van der Waals surface area contributed by atoms with E-state index in [1.165, 1.54) is 0 Å². The molecule has 4 nitrogen and oxygen atoms in total. The molecule has 2 unspecified atom stereocenters. The molecule has 2 fully saturated rings. The third kappa shape index (κ3) is 2.52. The molecule has 0 aromatic heterocycles. The minimum absolute atomic E-state index is 0.0440.